The van der Waals surface area contributed by atoms with Crippen LogP contribution < -0.4 is 10.6 Å². The number of ketones is 1. The van der Waals surface area contributed by atoms with Gasteiger partial charge in [-0.1, -0.05) is 24.3 Å². The molecule has 0 radical (unpaired) electrons. The van der Waals surface area contributed by atoms with Gasteiger partial charge in [0.2, 0.25) is 11.8 Å². The Morgan fingerprint density at radius 2 is 1.48 bits per heavy atom. The topological polar surface area (TPSA) is 80.5 Å². The minimum atomic E-state index is -0.578. The highest BCUT2D eigenvalue weighted by atomic mass is 16.2. The van der Waals surface area contributed by atoms with E-state index in [1.807, 2.05) is 24.3 Å². The lowest BCUT2D eigenvalue weighted by Gasteiger charge is -2.43. The fourth-order valence-electron chi connectivity index (χ4n) is 4.84. The summed E-state index contributed by atoms with van der Waals surface area (Å²) in [6.45, 7) is 0. The van der Waals surface area contributed by atoms with Crippen LogP contribution in [0.3, 0.4) is 0 Å². The van der Waals surface area contributed by atoms with Crippen molar-refractivity contribution in [1.82, 2.24) is 0 Å². The van der Waals surface area contributed by atoms with Gasteiger partial charge in [-0.2, -0.15) is 0 Å². The molecule has 6 rings (SSSR count). The summed E-state index contributed by atoms with van der Waals surface area (Å²) in [5.41, 5.74) is 8.77. The molecule has 25 heavy (non-hydrogen) atoms. The van der Waals surface area contributed by atoms with Crippen molar-refractivity contribution in [2.45, 2.75) is 18.3 Å². The maximum absolute atomic E-state index is 13.1. The summed E-state index contributed by atoms with van der Waals surface area (Å²) in [6, 6.07) is 14.4. The first kappa shape index (κ1) is 14.4. The Morgan fingerprint density at radius 1 is 0.840 bits per heavy atom. The predicted molar refractivity (Wildman–Crippen MR) is 91.9 cm³/mol. The van der Waals surface area contributed by atoms with E-state index in [4.69, 9.17) is 5.73 Å². The molecule has 0 aromatic heterocycles. The molecule has 2 aromatic rings. The number of carbonyl (C=O) groups excluding carboxylic acids is 3. The lowest BCUT2D eigenvalue weighted by Crippen LogP contribution is -2.44. The van der Waals surface area contributed by atoms with E-state index in [-0.39, 0.29) is 23.5 Å². The third-order valence-corrected chi connectivity index (χ3v) is 5.84. The first-order chi connectivity index (χ1) is 12.1. The first-order valence-electron chi connectivity index (χ1n) is 8.43. The number of fused-ring (bicyclic) bond motifs is 1. The number of anilines is 2. The summed E-state index contributed by atoms with van der Waals surface area (Å²) < 4.78 is 0. The summed E-state index contributed by atoms with van der Waals surface area (Å²) in [7, 11) is 0. The van der Waals surface area contributed by atoms with Crippen LogP contribution in [0.2, 0.25) is 0 Å². The van der Waals surface area contributed by atoms with Crippen molar-refractivity contribution >= 4 is 29.0 Å². The third kappa shape index (κ3) is 1.75. The Morgan fingerprint density at radius 3 is 2.20 bits per heavy atom. The monoisotopic (exact) mass is 332 g/mol. The van der Waals surface area contributed by atoms with Crippen molar-refractivity contribution in [2.75, 3.05) is 10.6 Å². The van der Waals surface area contributed by atoms with Gasteiger partial charge in [0, 0.05) is 18.0 Å². The number of nitrogens with two attached hydrogens (primary N) is 1. The Labute approximate surface area is 144 Å². The van der Waals surface area contributed by atoms with E-state index < -0.39 is 17.8 Å². The van der Waals surface area contributed by atoms with Crippen molar-refractivity contribution in [3.8, 4) is 0 Å². The van der Waals surface area contributed by atoms with Crippen LogP contribution in [0.25, 0.3) is 0 Å². The summed E-state index contributed by atoms with van der Waals surface area (Å²) in [5, 5.41) is 0. The zero-order chi connectivity index (χ0) is 17.3. The third-order valence-electron chi connectivity index (χ3n) is 5.84. The SMILES string of the molecule is Nc1ccc(N2C(=O)C3C4CC(=O)C(c5ccccc54)C3C2=O)cc1. The molecule has 4 unspecified atom stereocenters. The van der Waals surface area contributed by atoms with Gasteiger partial charge in [0.25, 0.3) is 0 Å². The van der Waals surface area contributed by atoms with Crippen LogP contribution >= 0.6 is 0 Å². The van der Waals surface area contributed by atoms with E-state index in [1.165, 1.54) is 4.90 Å². The number of nitrogens with zero attached hydrogens (tertiary/aromatic N) is 1. The Bertz CT molecular complexity index is 934. The van der Waals surface area contributed by atoms with E-state index in [1.54, 1.807) is 24.3 Å². The summed E-state index contributed by atoms with van der Waals surface area (Å²) in [4.78, 5) is 40.1. The molecule has 5 nitrogen and oxygen atoms in total. The van der Waals surface area contributed by atoms with Crippen LogP contribution in [0.4, 0.5) is 11.4 Å². The number of carbonyl (C=O) groups is 3. The smallest absolute Gasteiger partial charge is 0.238 e. The normalized spacial score (nSPS) is 29.8. The second kappa shape index (κ2) is 4.79. The predicted octanol–water partition coefficient (Wildman–Crippen LogP) is 2.23. The lowest BCUT2D eigenvalue weighted by atomic mass is 9.56. The Hall–Kier alpha value is -2.95. The molecule has 124 valence electrons. The number of Topliss-reactive ketones (excluding diaryl/α,β-unsaturated/α-hetero) is 1. The molecule has 2 N–H and O–H groups in total. The van der Waals surface area contributed by atoms with Crippen molar-refractivity contribution < 1.29 is 14.4 Å². The van der Waals surface area contributed by atoms with Crippen LogP contribution in [0.1, 0.15) is 29.4 Å². The molecule has 1 saturated heterocycles. The van der Waals surface area contributed by atoms with Crippen LogP contribution in [0.15, 0.2) is 48.5 Å². The van der Waals surface area contributed by atoms with E-state index in [9.17, 15) is 14.4 Å². The van der Waals surface area contributed by atoms with Crippen LogP contribution in [0.5, 0.6) is 0 Å². The van der Waals surface area contributed by atoms with Gasteiger partial charge in [-0.05, 0) is 35.4 Å². The first-order valence-corrected chi connectivity index (χ1v) is 8.43. The Kier molecular flexibility index (Phi) is 2.76. The van der Waals surface area contributed by atoms with Gasteiger partial charge < -0.3 is 5.73 Å². The summed E-state index contributed by atoms with van der Waals surface area (Å²) in [6.07, 6.45) is 0.345. The fraction of sp³-hybridized carbons (Fsp3) is 0.250. The van der Waals surface area contributed by atoms with Crippen LogP contribution in [-0.4, -0.2) is 17.6 Å². The average Bonchev–Trinajstić information content (AvgIpc) is 2.88. The number of rotatable bonds is 1. The molecule has 2 amide bonds. The van der Waals surface area contributed by atoms with Crippen molar-refractivity contribution in [3.05, 3.63) is 59.7 Å². The van der Waals surface area contributed by atoms with E-state index in [2.05, 4.69) is 0 Å². The highest BCUT2D eigenvalue weighted by molar-refractivity contribution is 6.24. The van der Waals surface area contributed by atoms with Gasteiger partial charge in [0.05, 0.1) is 23.4 Å². The molecule has 2 bridgehead atoms. The molecule has 4 atom stereocenters. The molecule has 2 aromatic carbocycles. The molecule has 1 saturated carbocycles. The van der Waals surface area contributed by atoms with Crippen molar-refractivity contribution in [2.24, 2.45) is 11.8 Å². The highest BCUT2D eigenvalue weighted by Crippen LogP contribution is 2.57. The molecule has 5 heteroatoms. The second-order valence-electron chi connectivity index (χ2n) is 7.04. The quantitative estimate of drug-likeness (QED) is 0.641. The second-order valence-corrected chi connectivity index (χ2v) is 7.04. The molecular weight excluding hydrogens is 316 g/mol. The molecular formula is C20H16N2O3. The number of imide groups is 1. The molecule has 4 aliphatic rings. The van der Waals surface area contributed by atoms with Crippen LogP contribution in [0, 0.1) is 11.8 Å². The highest BCUT2D eigenvalue weighted by Gasteiger charge is 2.62. The maximum Gasteiger partial charge on any atom is 0.238 e. The van der Waals surface area contributed by atoms with Gasteiger partial charge in [-0.15, -0.1) is 0 Å². The van der Waals surface area contributed by atoms with E-state index >= 15 is 0 Å². The van der Waals surface area contributed by atoms with Gasteiger partial charge in [-0.3, -0.25) is 19.3 Å². The van der Waals surface area contributed by atoms with Gasteiger partial charge in [0.1, 0.15) is 5.78 Å². The minimum absolute atomic E-state index is 0.0743. The number of hydrogen-bond acceptors (Lipinski definition) is 4. The van der Waals surface area contributed by atoms with Crippen molar-refractivity contribution in [1.29, 1.82) is 0 Å². The Balaban J connectivity index is 1.65. The number of amides is 2. The number of hydrogen-bond donors (Lipinski definition) is 1. The molecule has 1 heterocycles. The molecule has 1 aliphatic heterocycles. The fourth-order valence-corrected chi connectivity index (χ4v) is 4.84. The molecule has 2 fully saturated rings. The maximum atomic E-state index is 13.1. The van der Waals surface area contributed by atoms with Gasteiger partial charge in [-0.25, -0.2) is 0 Å². The minimum Gasteiger partial charge on any atom is -0.399 e. The zero-order valence-corrected chi connectivity index (χ0v) is 13.4. The summed E-state index contributed by atoms with van der Waals surface area (Å²) >= 11 is 0. The average molecular weight is 332 g/mol. The summed E-state index contributed by atoms with van der Waals surface area (Å²) in [5.74, 6) is -2.11. The zero-order valence-electron chi connectivity index (χ0n) is 13.4. The van der Waals surface area contributed by atoms with E-state index in [0.717, 1.165) is 11.1 Å². The number of nitrogen functional groups attached to an aromatic ring is 1. The van der Waals surface area contributed by atoms with Crippen LogP contribution in [-0.2, 0) is 14.4 Å². The lowest BCUT2D eigenvalue weighted by molar-refractivity contribution is -0.134. The molecule has 3 aliphatic carbocycles. The van der Waals surface area contributed by atoms with Gasteiger partial charge >= 0.3 is 0 Å². The molecule has 0 spiro atoms. The van der Waals surface area contributed by atoms with Gasteiger partial charge in [0.15, 0.2) is 0 Å². The van der Waals surface area contributed by atoms with E-state index in [0.29, 0.717) is 17.8 Å². The number of benzene rings is 2. The van der Waals surface area contributed by atoms with Crippen molar-refractivity contribution in [3.63, 3.8) is 0 Å². The standard InChI is InChI=1S/C20H16N2O3/c21-10-5-7-11(8-6-10)22-19(24)17-14-9-15(23)16(18(17)20(22)25)13-4-2-1-3-12(13)14/h1-8,14,16-18H,9,21H2. The largest absolute Gasteiger partial charge is 0.399 e.